The van der Waals surface area contributed by atoms with E-state index in [9.17, 15) is 4.79 Å². The average Bonchev–Trinajstić information content (AvgIpc) is 2.66. The first-order valence-electron chi connectivity index (χ1n) is 9.48. The van der Waals surface area contributed by atoms with E-state index in [1.807, 2.05) is 20.0 Å². The highest BCUT2D eigenvalue weighted by Gasteiger charge is 2.27. The molecule has 1 aromatic carbocycles. The lowest BCUT2D eigenvalue weighted by atomic mass is 9.97. The van der Waals surface area contributed by atoms with Crippen LogP contribution in [0.15, 0.2) is 35.3 Å². The molecule has 0 bridgehead atoms. The van der Waals surface area contributed by atoms with Gasteiger partial charge in [0.2, 0.25) is 0 Å². The quantitative estimate of drug-likeness (QED) is 0.458. The van der Waals surface area contributed by atoms with Crippen molar-refractivity contribution in [3.63, 3.8) is 0 Å². The Morgan fingerprint density at radius 2 is 2.00 bits per heavy atom. The lowest BCUT2D eigenvalue weighted by Gasteiger charge is -2.33. The number of aliphatic imine (C=N–C) groups is 1. The van der Waals surface area contributed by atoms with Crippen LogP contribution in [0.4, 0.5) is 0 Å². The summed E-state index contributed by atoms with van der Waals surface area (Å²) in [6.07, 6.45) is 1.65. The van der Waals surface area contributed by atoms with Crippen LogP contribution in [0, 0.1) is 5.92 Å². The maximum absolute atomic E-state index is 11.8. The van der Waals surface area contributed by atoms with Gasteiger partial charge in [-0.1, -0.05) is 30.3 Å². The maximum Gasteiger partial charge on any atom is 0.309 e. The number of hydrogen-bond donors (Lipinski definition) is 1. The van der Waals surface area contributed by atoms with Gasteiger partial charge >= 0.3 is 5.97 Å². The molecule has 6 nitrogen and oxygen atoms in total. The summed E-state index contributed by atoms with van der Waals surface area (Å²) in [4.78, 5) is 20.8. The molecule has 1 N–H and O–H groups in total. The molecule has 2 rings (SSSR count). The first-order valence-corrected chi connectivity index (χ1v) is 9.48. The van der Waals surface area contributed by atoms with E-state index in [0.717, 1.165) is 51.5 Å². The van der Waals surface area contributed by atoms with E-state index >= 15 is 0 Å². The Bertz CT molecular complexity index is 568. The smallest absolute Gasteiger partial charge is 0.309 e. The predicted molar refractivity (Wildman–Crippen MR) is 105 cm³/mol. The number of hydrogen-bond acceptors (Lipinski definition) is 4. The lowest BCUT2D eigenvalue weighted by molar-refractivity contribution is -0.149. The van der Waals surface area contributed by atoms with Gasteiger partial charge in [0.1, 0.15) is 0 Å². The fourth-order valence-corrected chi connectivity index (χ4v) is 3.25. The number of ether oxygens (including phenoxy) is 1. The molecule has 6 heteroatoms. The fourth-order valence-electron chi connectivity index (χ4n) is 3.25. The summed E-state index contributed by atoms with van der Waals surface area (Å²) in [5.74, 6) is 0.888. The third-order valence-electron chi connectivity index (χ3n) is 4.70. The summed E-state index contributed by atoms with van der Waals surface area (Å²) in [5, 5.41) is 3.44. The molecule has 0 unspecified atom stereocenters. The Balaban J connectivity index is 1.70. The van der Waals surface area contributed by atoms with Gasteiger partial charge in [-0.15, -0.1) is 0 Å². The van der Waals surface area contributed by atoms with Crippen molar-refractivity contribution in [2.75, 3.05) is 46.9 Å². The van der Waals surface area contributed by atoms with E-state index < -0.39 is 0 Å². The molecular weight excluding hydrogens is 328 g/mol. The van der Waals surface area contributed by atoms with Crippen LogP contribution in [-0.2, 0) is 16.1 Å². The van der Waals surface area contributed by atoms with Crippen molar-refractivity contribution < 1.29 is 9.53 Å². The predicted octanol–water partition coefficient (Wildman–Crippen LogP) is 1.97. The molecule has 1 fully saturated rings. The molecule has 1 heterocycles. The topological polar surface area (TPSA) is 57.2 Å². The highest BCUT2D eigenvalue weighted by atomic mass is 16.5. The van der Waals surface area contributed by atoms with Crippen LogP contribution >= 0.6 is 0 Å². The van der Waals surface area contributed by atoms with Crippen molar-refractivity contribution >= 4 is 11.9 Å². The number of benzene rings is 1. The number of guanidine groups is 1. The Morgan fingerprint density at radius 1 is 1.31 bits per heavy atom. The van der Waals surface area contributed by atoms with Crippen LogP contribution in [-0.4, -0.2) is 68.6 Å². The van der Waals surface area contributed by atoms with Gasteiger partial charge in [0.15, 0.2) is 5.96 Å². The summed E-state index contributed by atoms with van der Waals surface area (Å²) < 4.78 is 5.13. The van der Waals surface area contributed by atoms with Crippen LogP contribution < -0.4 is 5.32 Å². The highest BCUT2D eigenvalue weighted by molar-refractivity contribution is 5.80. The molecule has 26 heavy (non-hydrogen) atoms. The summed E-state index contributed by atoms with van der Waals surface area (Å²) >= 11 is 0. The van der Waals surface area contributed by atoms with Gasteiger partial charge in [-0.3, -0.25) is 9.79 Å². The molecule has 1 aromatic rings. The monoisotopic (exact) mass is 360 g/mol. The van der Waals surface area contributed by atoms with Crippen molar-refractivity contribution in [3.05, 3.63) is 35.9 Å². The number of nitrogens with zero attached hydrogens (tertiary/aromatic N) is 3. The van der Waals surface area contributed by atoms with Gasteiger partial charge < -0.3 is 19.9 Å². The third kappa shape index (κ3) is 6.33. The average molecular weight is 361 g/mol. The van der Waals surface area contributed by atoms with Crippen molar-refractivity contribution in [1.82, 2.24) is 15.1 Å². The number of likely N-dealkylation sites (tertiary alicyclic amines) is 1. The molecule has 0 radical (unpaired) electrons. The van der Waals surface area contributed by atoms with Gasteiger partial charge in [0, 0.05) is 39.8 Å². The molecule has 0 aromatic heterocycles. The second-order valence-electron chi connectivity index (χ2n) is 6.71. The molecular formula is C20H32N4O2. The van der Waals surface area contributed by atoms with Crippen LogP contribution in [0.3, 0.4) is 0 Å². The summed E-state index contributed by atoms with van der Waals surface area (Å²) in [7, 11) is 3.94. The summed E-state index contributed by atoms with van der Waals surface area (Å²) in [6, 6.07) is 10.5. The number of piperidine rings is 1. The molecule has 1 saturated heterocycles. The minimum absolute atomic E-state index is 0.0290. The molecule has 0 saturated carbocycles. The second kappa shape index (κ2) is 10.8. The van der Waals surface area contributed by atoms with Crippen molar-refractivity contribution in [2.45, 2.75) is 26.3 Å². The zero-order chi connectivity index (χ0) is 18.8. The highest BCUT2D eigenvalue weighted by Crippen LogP contribution is 2.18. The van der Waals surface area contributed by atoms with Gasteiger partial charge in [-0.2, -0.15) is 0 Å². The molecule has 0 aliphatic carbocycles. The first-order chi connectivity index (χ1) is 12.6. The molecule has 1 aliphatic heterocycles. The standard InChI is InChI=1S/C20H32N4O2/c1-4-26-19(25)18-10-13-24(14-11-18)20(21-2)22-12-15-23(3)16-17-8-6-5-7-9-17/h5-9,18H,4,10-16H2,1-3H3,(H,21,22). The van der Waals surface area contributed by atoms with E-state index in [0.29, 0.717) is 6.61 Å². The van der Waals surface area contributed by atoms with Gasteiger partial charge in [0.05, 0.1) is 12.5 Å². The molecule has 0 spiro atoms. The van der Waals surface area contributed by atoms with Crippen molar-refractivity contribution in [2.24, 2.45) is 10.9 Å². The molecule has 144 valence electrons. The molecule has 0 atom stereocenters. The first kappa shape index (κ1) is 20.2. The zero-order valence-corrected chi connectivity index (χ0v) is 16.3. The number of nitrogens with one attached hydrogen (secondary N) is 1. The van der Waals surface area contributed by atoms with E-state index in [4.69, 9.17) is 4.74 Å². The van der Waals surface area contributed by atoms with Crippen LogP contribution in [0.25, 0.3) is 0 Å². The summed E-state index contributed by atoms with van der Waals surface area (Å²) in [6.45, 7) is 6.70. The van der Waals surface area contributed by atoms with E-state index in [1.54, 1.807) is 0 Å². The van der Waals surface area contributed by atoms with E-state index in [-0.39, 0.29) is 11.9 Å². The Kier molecular flexibility index (Phi) is 8.41. The minimum atomic E-state index is -0.0577. The second-order valence-corrected chi connectivity index (χ2v) is 6.71. The molecule has 1 aliphatic rings. The summed E-state index contributed by atoms with van der Waals surface area (Å²) in [5.41, 5.74) is 1.32. The zero-order valence-electron chi connectivity index (χ0n) is 16.3. The van der Waals surface area contributed by atoms with Crippen molar-refractivity contribution in [3.8, 4) is 0 Å². The maximum atomic E-state index is 11.8. The van der Waals surface area contributed by atoms with Gasteiger partial charge in [-0.25, -0.2) is 0 Å². The Hall–Kier alpha value is -2.08. The third-order valence-corrected chi connectivity index (χ3v) is 4.70. The van der Waals surface area contributed by atoms with Crippen LogP contribution in [0.1, 0.15) is 25.3 Å². The van der Waals surface area contributed by atoms with Gasteiger partial charge in [-0.05, 0) is 32.4 Å². The lowest BCUT2D eigenvalue weighted by Crippen LogP contribution is -2.48. The Morgan fingerprint density at radius 3 is 2.62 bits per heavy atom. The van der Waals surface area contributed by atoms with E-state index in [2.05, 4.69) is 51.4 Å². The largest absolute Gasteiger partial charge is 0.466 e. The Labute approximate surface area is 157 Å². The molecule has 0 amide bonds. The van der Waals surface area contributed by atoms with E-state index in [1.165, 1.54) is 5.56 Å². The van der Waals surface area contributed by atoms with Crippen LogP contribution in [0.5, 0.6) is 0 Å². The number of likely N-dealkylation sites (N-methyl/N-ethyl adjacent to an activating group) is 1. The van der Waals surface area contributed by atoms with Crippen molar-refractivity contribution in [1.29, 1.82) is 0 Å². The number of carbonyl (C=O) groups is 1. The van der Waals surface area contributed by atoms with Crippen LogP contribution in [0.2, 0.25) is 0 Å². The fraction of sp³-hybridized carbons (Fsp3) is 0.600. The number of esters is 1. The minimum Gasteiger partial charge on any atom is -0.466 e. The number of rotatable bonds is 7. The van der Waals surface area contributed by atoms with Gasteiger partial charge in [0.25, 0.3) is 0 Å². The SMILES string of the molecule is CCOC(=O)C1CCN(C(=NC)NCCN(C)Cc2ccccc2)CC1. The normalized spacial score (nSPS) is 16.0. The number of carbonyl (C=O) groups excluding carboxylic acids is 1.